The van der Waals surface area contributed by atoms with Gasteiger partial charge in [0, 0.05) is 12.0 Å². The number of carbonyl (C=O) groups is 1. The predicted molar refractivity (Wildman–Crippen MR) is 48.5 cm³/mol. The standard InChI is InChI=1S/C9H18N2O/c1-6-2-7(9(12)5-10)4-8(11)3-6/h6-8H,2-5,10-11H2,1H3. The van der Waals surface area contributed by atoms with Crippen LogP contribution < -0.4 is 11.5 Å². The maximum Gasteiger partial charge on any atom is 0.149 e. The Labute approximate surface area is 73.5 Å². The molecule has 0 aromatic rings. The molecule has 3 heteroatoms. The van der Waals surface area contributed by atoms with Gasteiger partial charge in [0.2, 0.25) is 0 Å². The number of hydrogen-bond acceptors (Lipinski definition) is 3. The van der Waals surface area contributed by atoms with E-state index in [0.717, 1.165) is 19.3 Å². The van der Waals surface area contributed by atoms with Crippen molar-refractivity contribution in [2.75, 3.05) is 6.54 Å². The summed E-state index contributed by atoms with van der Waals surface area (Å²) in [6, 6.07) is 0.203. The molecule has 3 atom stereocenters. The Bertz CT molecular complexity index is 160. The Morgan fingerprint density at radius 1 is 1.42 bits per heavy atom. The Balaban J connectivity index is 2.49. The first kappa shape index (κ1) is 9.68. The molecular formula is C9H18N2O. The molecule has 1 aliphatic carbocycles. The van der Waals surface area contributed by atoms with Crippen LogP contribution in [0.1, 0.15) is 26.2 Å². The quantitative estimate of drug-likeness (QED) is 0.625. The molecule has 4 N–H and O–H groups in total. The van der Waals surface area contributed by atoms with Crippen LogP contribution in [-0.2, 0) is 4.79 Å². The van der Waals surface area contributed by atoms with Crippen LogP contribution in [0.25, 0.3) is 0 Å². The van der Waals surface area contributed by atoms with E-state index in [1.54, 1.807) is 0 Å². The van der Waals surface area contributed by atoms with Crippen molar-refractivity contribution in [3.63, 3.8) is 0 Å². The normalized spacial score (nSPS) is 36.4. The number of nitrogens with two attached hydrogens (primary N) is 2. The lowest BCUT2D eigenvalue weighted by Crippen LogP contribution is -2.37. The fraction of sp³-hybridized carbons (Fsp3) is 0.889. The van der Waals surface area contributed by atoms with Gasteiger partial charge in [-0.2, -0.15) is 0 Å². The maximum atomic E-state index is 11.3. The van der Waals surface area contributed by atoms with Crippen molar-refractivity contribution in [3.8, 4) is 0 Å². The molecule has 12 heavy (non-hydrogen) atoms. The van der Waals surface area contributed by atoms with Gasteiger partial charge in [-0.05, 0) is 25.2 Å². The van der Waals surface area contributed by atoms with Crippen molar-refractivity contribution in [3.05, 3.63) is 0 Å². The van der Waals surface area contributed by atoms with Gasteiger partial charge in [0.1, 0.15) is 5.78 Å². The zero-order chi connectivity index (χ0) is 9.14. The van der Waals surface area contributed by atoms with Crippen LogP contribution in [0.2, 0.25) is 0 Å². The van der Waals surface area contributed by atoms with Crippen molar-refractivity contribution >= 4 is 5.78 Å². The Morgan fingerprint density at radius 2 is 2.08 bits per heavy atom. The van der Waals surface area contributed by atoms with Crippen molar-refractivity contribution in [2.24, 2.45) is 23.3 Å². The van der Waals surface area contributed by atoms with E-state index in [1.807, 2.05) is 0 Å². The van der Waals surface area contributed by atoms with Gasteiger partial charge in [-0.15, -0.1) is 0 Å². The van der Waals surface area contributed by atoms with Gasteiger partial charge in [0.25, 0.3) is 0 Å². The molecule has 0 saturated heterocycles. The van der Waals surface area contributed by atoms with Gasteiger partial charge in [0.05, 0.1) is 6.54 Å². The number of hydrogen-bond donors (Lipinski definition) is 2. The average molecular weight is 170 g/mol. The minimum Gasteiger partial charge on any atom is -0.328 e. The van der Waals surface area contributed by atoms with E-state index in [1.165, 1.54) is 0 Å². The van der Waals surface area contributed by atoms with Crippen molar-refractivity contribution in [1.29, 1.82) is 0 Å². The summed E-state index contributed by atoms with van der Waals surface area (Å²) in [5, 5.41) is 0. The summed E-state index contributed by atoms with van der Waals surface area (Å²) in [7, 11) is 0. The van der Waals surface area contributed by atoms with Crippen LogP contribution >= 0.6 is 0 Å². The van der Waals surface area contributed by atoms with Crippen LogP contribution in [0.3, 0.4) is 0 Å². The maximum absolute atomic E-state index is 11.3. The summed E-state index contributed by atoms with van der Waals surface area (Å²) in [5.74, 6) is 0.889. The summed E-state index contributed by atoms with van der Waals surface area (Å²) in [5.41, 5.74) is 11.1. The highest BCUT2D eigenvalue weighted by Gasteiger charge is 2.27. The van der Waals surface area contributed by atoms with Crippen LogP contribution in [0, 0.1) is 11.8 Å². The minimum absolute atomic E-state index is 0.133. The predicted octanol–water partition coefficient (Wildman–Crippen LogP) is 0.278. The molecule has 3 unspecified atom stereocenters. The van der Waals surface area contributed by atoms with Crippen molar-refractivity contribution in [2.45, 2.75) is 32.2 Å². The lowest BCUT2D eigenvalue weighted by atomic mass is 9.78. The Morgan fingerprint density at radius 3 is 2.58 bits per heavy atom. The summed E-state index contributed by atoms with van der Waals surface area (Å²) in [6.45, 7) is 2.32. The molecule has 0 spiro atoms. The molecule has 0 amide bonds. The third-order valence-electron chi connectivity index (χ3n) is 2.64. The van der Waals surface area contributed by atoms with Crippen LogP contribution in [-0.4, -0.2) is 18.4 Å². The van der Waals surface area contributed by atoms with Crippen molar-refractivity contribution < 1.29 is 4.79 Å². The largest absolute Gasteiger partial charge is 0.328 e. The van der Waals surface area contributed by atoms with E-state index in [0.29, 0.717) is 5.92 Å². The molecule has 0 heterocycles. The minimum atomic E-state index is 0.133. The summed E-state index contributed by atoms with van der Waals surface area (Å²) in [4.78, 5) is 11.3. The first-order valence-corrected chi connectivity index (χ1v) is 4.61. The lowest BCUT2D eigenvalue weighted by molar-refractivity contribution is -0.123. The van der Waals surface area contributed by atoms with E-state index in [-0.39, 0.29) is 24.3 Å². The van der Waals surface area contributed by atoms with Gasteiger partial charge in [-0.1, -0.05) is 6.92 Å². The van der Waals surface area contributed by atoms with Gasteiger partial charge in [-0.3, -0.25) is 4.79 Å². The summed E-state index contributed by atoms with van der Waals surface area (Å²) >= 11 is 0. The zero-order valence-corrected chi connectivity index (χ0v) is 7.62. The fourth-order valence-corrected chi connectivity index (χ4v) is 2.09. The number of carbonyl (C=O) groups excluding carboxylic acids is 1. The average Bonchev–Trinajstić information content (AvgIpc) is 2.01. The van der Waals surface area contributed by atoms with Crippen molar-refractivity contribution in [1.82, 2.24) is 0 Å². The highest BCUT2D eigenvalue weighted by molar-refractivity contribution is 5.82. The third-order valence-corrected chi connectivity index (χ3v) is 2.64. The van der Waals surface area contributed by atoms with E-state index in [4.69, 9.17) is 11.5 Å². The second-order valence-electron chi connectivity index (χ2n) is 3.94. The highest BCUT2D eigenvalue weighted by Crippen LogP contribution is 2.28. The second-order valence-corrected chi connectivity index (χ2v) is 3.94. The number of Topliss-reactive ketones (excluding diaryl/α,β-unsaturated/α-hetero) is 1. The number of rotatable bonds is 2. The third kappa shape index (κ3) is 2.29. The van der Waals surface area contributed by atoms with Crippen LogP contribution in [0.4, 0.5) is 0 Å². The second kappa shape index (κ2) is 4.01. The summed E-state index contributed by atoms with van der Waals surface area (Å²) in [6.07, 6.45) is 2.86. The molecule has 1 fully saturated rings. The molecule has 0 aromatic carbocycles. The highest BCUT2D eigenvalue weighted by atomic mass is 16.1. The van der Waals surface area contributed by atoms with E-state index in [9.17, 15) is 4.79 Å². The molecule has 1 aliphatic rings. The first-order chi connectivity index (χ1) is 5.63. The van der Waals surface area contributed by atoms with E-state index < -0.39 is 0 Å². The molecular weight excluding hydrogens is 152 g/mol. The molecule has 0 aliphatic heterocycles. The smallest absolute Gasteiger partial charge is 0.149 e. The van der Waals surface area contributed by atoms with Crippen LogP contribution in [0.5, 0.6) is 0 Å². The lowest BCUT2D eigenvalue weighted by Gasteiger charge is -2.29. The number of ketones is 1. The van der Waals surface area contributed by atoms with Gasteiger partial charge in [0.15, 0.2) is 0 Å². The fourth-order valence-electron chi connectivity index (χ4n) is 2.09. The first-order valence-electron chi connectivity index (χ1n) is 4.61. The molecule has 0 radical (unpaired) electrons. The van der Waals surface area contributed by atoms with Crippen LogP contribution in [0.15, 0.2) is 0 Å². The topological polar surface area (TPSA) is 69.1 Å². The monoisotopic (exact) mass is 170 g/mol. The Kier molecular flexibility index (Phi) is 3.23. The molecule has 0 bridgehead atoms. The molecule has 70 valence electrons. The molecule has 1 rings (SSSR count). The molecule has 3 nitrogen and oxygen atoms in total. The van der Waals surface area contributed by atoms with E-state index >= 15 is 0 Å². The molecule has 1 saturated carbocycles. The van der Waals surface area contributed by atoms with Gasteiger partial charge in [-0.25, -0.2) is 0 Å². The SMILES string of the molecule is CC1CC(N)CC(C(=O)CN)C1. The van der Waals surface area contributed by atoms with Gasteiger partial charge < -0.3 is 11.5 Å². The zero-order valence-electron chi connectivity index (χ0n) is 7.62. The Hall–Kier alpha value is -0.410. The van der Waals surface area contributed by atoms with E-state index in [2.05, 4.69) is 6.92 Å². The van der Waals surface area contributed by atoms with Gasteiger partial charge >= 0.3 is 0 Å². The summed E-state index contributed by atoms with van der Waals surface area (Å²) < 4.78 is 0. The molecule has 0 aromatic heterocycles.